The maximum Gasteiger partial charge on any atom is 0.354 e. The van der Waals surface area contributed by atoms with E-state index in [1.807, 2.05) is 0 Å². The number of carbonyl (C=O) groups is 1. The topological polar surface area (TPSA) is 117 Å². The molecule has 0 bridgehead atoms. The second-order valence-corrected chi connectivity index (χ2v) is 3.73. The van der Waals surface area contributed by atoms with Crippen LogP contribution < -0.4 is 5.32 Å². The number of hydrogen-bond acceptors (Lipinski definition) is 6. The van der Waals surface area contributed by atoms with Gasteiger partial charge in [0, 0.05) is 32.0 Å². The molecule has 3 N–H and O–H groups in total. The predicted molar refractivity (Wildman–Crippen MR) is 60.0 cm³/mol. The van der Waals surface area contributed by atoms with Crippen molar-refractivity contribution in [3.8, 4) is 0 Å². The van der Waals surface area contributed by atoms with Crippen LogP contribution in [0.15, 0.2) is 10.7 Å². The first-order valence-electron chi connectivity index (χ1n) is 5.42. The van der Waals surface area contributed by atoms with Gasteiger partial charge >= 0.3 is 5.97 Å². The highest BCUT2D eigenvalue weighted by Gasteiger charge is 2.11. The summed E-state index contributed by atoms with van der Waals surface area (Å²) < 4.78 is 4.84. The minimum atomic E-state index is -1.02. The normalized spacial score (nSPS) is 10.7. The van der Waals surface area contributed by atoms with Gasteiger partial charge in [0.2, 0.25) is 5.89 Å². The molecule has 0 atom stereocenters. The second kappa shape index (κ2) is 5.41. The Balaban J connectivity index is 1.78. The highest BCUT2D eigenvalue weighted by molar-refractivity contribution is 5.86. The average molecular weight is 251 g/mol. The number of nitrogens with one attached hydrogen (secondary N) is 2. The van der Waals surface area contributed by atoms with Crippen molar-refractivity contribution in [1.82, 2.24) is 25.7 Å². The molecule has 2 heterocycles. The fraction of sp³-hybridized carbons (Fsp3) is 0.400. The number of H-pyrrole nitrogens is 1. The zero-order valence-electron chi connectivity index (χ0n) is 9.80. The van der Waals surface area contributed by atoms with E-state index in [0.717, 1.165) is 0 Å². The van der Waals surface area contributed by atoms with Crippen LogP contribution in [0.4, 0.5) is 0 Å². The van der Waals surface area contributed by atoms with E-state index in [4.69, 9.17) is 9.63 Å². The minimum Gasteiger partial charge on any atom is -0.477 e. The van der Waals surface area contributed by atoms with E-state index in [-0.39, 0.29) is 5.69 Å². The summed E-state index contributed by atoms with van der Waals surface area (Å²) in [6.07, 6.45) is 2.12. The summed E-state index contributed by atoms with van der Waals surface area (Å²) >= 11 is 0. The standard InChI is InChI=1S/C10H13N5O3/c1-6-13-8(15-18-6)2-3-11-4-7-5-12-14-9(7)10(16)17/h5,11H,2-4H2,1H3,(H,12,14)(H,16,17). The molecule has 0 aliphatic carbocycles. The molecule has 0 unspecified atom stereocenters. The van der Waals surface area contributed by atoms with E-state index in [9.17, 15) is 4.79 Å². The van der Waals surface area contributed by atoms with Gasteiger partial charge in [-0.05, 0) is 0 Å². The molecule has 8 heteroatoms. The van der Waals surface area contributed by atoms with Crippen LogP contribution in [0.2, 0.25) is 0 Å². The van der Waals surface area contributed by atoms with E-state index < -0.39 is 5.97 Å². The molecule has 0 saturated carbocycles. The van der Waals surface area contributed by atoms with Crippen LogP contribution >= 0.6 is 0 Å². The van der Waals surface area contributed by atoms with Crippen molar-refractivity contribution in [2.75, 3.05) is 6.54 Å². The third-order valence-corrected chi connectivity index (χ3v) is 2.34. The fourth-order valence-electron chi connectivity index (χ4n) is 1.50. The molecule has 0 fully saturated rings. The van der Waals surface area contributed by atoms with Gasteiger partial charge in [0.1, 0.15) is 5.69 Å². The lowest BCUT2D eigenvalue weighted by atomic mass is 10.2. The summed E-state index contributed by atoms with van der Waals surface area (Å²) in [7, 11) is 0. The van der Waals surface area contributed by atoms with E-state index in [2.05, 4.69) is 25.7 Å². The summed E-state index contributed by atoms with van der Waals surface area (Å²) in [5.74, 6) is 0.150. The first kappa shape index (κ1) is 12.2. The summed E-state index contributed by atoms with van der Waals surface area (Å²) in [5, 5.41) is 21.8. The van der Waals surface area contributed by atoms with Crippen LogP contribution in [0.1, 0.15) is 27.8 Å². The number of aromatic amines is 1. The largest absolute Gasteiger partial charge is 0.477 e. The number of rotatable bonds is 6. The van der Waals surface area contributed by atoms with E-state index in [1.165, 1.54) is 6.20 Å². The highest BCUT2D eigenvalue weighted by atomic mass is 16.5. The third-order valence-electron chi connectivity index (χ3n) is 2.34. The van der Waals surface area contributed by atoms with E-state index in [0.29, 0.717) is 36.8 Å². The molecular weight excluding hydrogens is 238 g/mol. The minimum absolute atomic E-state index is 0.109. The lowest BCUT2D eigenvalue weighted by Gasteiger charge is -2.01. The van der Waals surface area contributed by atoms with Crippen LogP contribution in [0, 0.1) is 6.92 Å². The highest BCUT2D eigenvalue weighted by Crippen LogP contribution is 2.03. The number of nitrogens with zero attached hydrogens (tertiary/aromatic N) is 3. The van der Waals surface area contributed by atoms with Gasteiger partial charge < -0.3 is 14.9 Å². The molecule has 0 saturated heterocycles. The van der Waals surface area contributed by atoms with Crippen LogP contribution in [-0.2, 0) is 13.0 Å². The van der Waals surface area contributed by atoms with Crippen LogP contribution in [-0.4, -0.2) is 38.0 Å². The SMILES string of the molecule is Cc1nc(CCNCc2cn[nH]c2C(=O)O)no1. The zero-order valence-corrected chi connectivity index (χ0v) is 9.80. The molecule has 2 aromatic rings. The Bertz CT molecular complexity index is 533. The molecule has 0 radical (unpaired) electrons. The smallest absolute Gasteiger partial charge is 0.354 e. The average Bonchev–Trinajstić information content (AvgIpc) is 2.93. The monoisotopic (exact) mass is 251 g/mol. The van der Waals surface area contributed by atoms with Gasteiger partial charge in [-0.2, -0.15) is 10.1 Å². The van der Waals surface area contributed by atoms with Gasteiger partial charge in [-0.3, -0.25) is 5.10 Å². The number of carboxylic acids is 1. The molecule has 0 spiro atoms. The number of aromatic nitrogens is 4. The van der Waals surface area contributed by atoms with Crippen molar-refractivity contribution in [1.29, 1.82) is 0 Å². The molecule has 96 valence electrons. The maximum absolute atomic E-state index is 10.8. The third kappa shape index (κ3) is 2.92. The Kier molecular flexibility index (Phi) is 3.68. The van der Waals surface area contributed by atoms with Gasteiger partial charge in [-0.25, -0.2) is 4.79 Å². The van der Waals surface area contributed by atoms with Gasteiger partial charge in [0.05, 0.1) is 6.20 Å². The van der Waals surface area contributed by atoms with E-state index >= 15 is 0 Å². The Morgan fingerprint density at radius 3 is 3.11 bits per heavy atom. The van der Waals surface area contributed by atoms with Gasteiger partial charge in [-0.15, -0.1) is 0 Å². The molecule has 0 aromatic carbocycles. The van der Waals surface area contributed by atoms with Gasteiger partial charge in [0.15, 0.2) is 5.82 Å². The Labute approximate surface area is 102 Å². The van der Waals surface area contributed by atoms with Crippen molar-refractivity contribution in [3.05, 3.63) is 29.2 Å². The van der Waals surface area contributed by atoms with Crippen molar-refractivity contribution < 1.29 is 14.4 Å². The molecular formula is C10H13N5O3. The Hall–Kier alpha value is -2.22. The summed E-state index contributed by atoms with van der Waals surface area (Å²) in [6, 6.07) is 0. The van der Waals surface area contributed by atoms with Crippen LogP contribution in [0.5, 0.6) is 0 Å². The number of carboxylic acid groups (broad SMARTS) is 1. The maximum atomic E-state index is 10.8. The van der Waals surface area contributed by atoms with Crippen molar-refractivity contribution in [3.63, 3.8) is 0 Å². The zero-order chi connectivity index (χ0) is 13.0. The molecule has 8 nitrogen and oxygen atoms in total. The Morgan fingerprint density at radius 1 is 1.61 bits per heavy atom. The van der Waals surface area contributed by atoms with Crippen LogP contribution in [0.3, 0.4) is 0 Å². The van der Waals surface area contributed by atoms with Crippen molar-refractivity contribution in [2.24, 2.45) is 0 Å². The summed E-state index contributed by atoms with van der Waals surface area (Å²) in [5.41, 5.74) is 0.727. The summed E-state index contributed by atoms with van der Waals surface area (Å²) in [4.78, 5) is 14.9. The van der Waals surface area contributed by atoms with Crippen molar-refractivity contribution >= 4 is 5.97 Å². The van der Waals surface area contributed by atoms with Gasteiger partial charge in [-0.1, -0.05) is 5.16 Å². The molecule has 2 aromatic heterocycles. The quantitative estimate of drug-likeness (QED) is 0.624. The molecule has 0 amide bonds. The van der Waals surface area contributed by atoms with Gasteiger partial charge in [0.25, 0.3) is 0 Å². The fourth-order valence-corrected chi connectivity index (χ4v) is 1.50. The van der Waals surface area contributed by atoms with E-state index in [1.54, 1.807) is 6.92 Å². The summed E-state index contributed by atoms with van der Waals surface area (Å²) in [6.45, 7) is 2.78. The van der Waals surface area contributed by atoms with Crippen LogP contribution in [0.25, 0.3) is 0 Å². The number of aromatic carboxylic acids is 1. The first-order valence-corrected chi connectivity index (χ1v) is 5.42. The predicted octanol–water partition coefficient (Wildman–Crippen LogP) is 0.132. The number of hydrogen-bond donors (Lipinski definition) is 3. The van der Waals surface area contributed by atoms with Crippen molar-refractivity contribution in [2.45, 2.75) is 19.9 Å². The molecule has 18 heavy (non-hydrogen) atoms. The molecule has 0 aliphatic heterocycles. The lowest BCUT2D eigenvalue weighted by molar-refractivity contribution is 0.0689. The second-order valence-electron chi connectivity index (χ2n) is 3.73. The Morgan fingerprint density at radius 2 is 2.44 bits per heavy atom. The molecule has 0 aliphatic rings. The lowest BCUT2D eigenvalue weighted by Crippen LogP contribution is -2.18. The molecule has 2 rings (SSSR count). The number of aryl methyl sites for hydroxylation is 1. The first-order chi connectivity index (χ1) is 8.66.